The van der Waals surface area contributed by atoms with Crippen LogP contribution in [0.2, 0.25) is 0 Å². The number of carbonyl (C=O) groups is 1. The summed E-state index contributed by atoms with van der Waals surface area (Å²) in [5.41, 5.74) is 1.57. The van der Waals surface area contributed by atoms with Gasteiger partial charge in [0.1, 0.15) is 0 Å². The lowest BCUT2D eigenvalue weighted by atomic mass is 10.1. The summed E-state index contributed by atoms with van der Waals surface area (Å²) < 4.78 is 27.1. The fourth-order valence-electron chi connectivity index (χ4n) is 1.29. The van der Waals surface area contributed by atoms with Crippen LogP contribution in [0.25, 0.3) is 6.08 Å². The van der Waals surface area contributed by atoms with E-state index in [-0.39, 0.29) is 4.90 Å². The molecule has 4 nitrogen and oxygen atoms in total. The number of aryl methyl sites for hydroxylation is 1. The van der Waals surface area contributed by atoms with Crippen LogP contribution in [0.3, 0.4) is 0 Å². The third-order valence-electron chi connectivity index (χ3n) is 2.27. The summed E-state index contributed by atoms with van der Waals surface area (Å²) in [4.78, 5) is 11.2. The highest BCUT2D eigenvalue weighted by Gasteiger charge is 2.07. The van der Waals surface area contributed by atoms with Crippen LogP contribution >= 0.6 is 0 Å². The Morgan fingerprint density at radius 2 is 2.00 bits per heavy atom. The first-order chi connectivity index (χ1) is 7.84. The molecule has 0 spiro atoms. The summed E-state index contributed by atoms with van der Waals surface area (Å²) in [5.74, 6) is -0.448. The van der Waals surface area contributed by atoms with Crippen molar-refractivity contribution in [2.75, 3.05) is 13.4 Å². The molecule has 0 saturated heterocycles. The van der Waals surface area contributed by atoms with Gasteiger partial charge in [0, 0.05) is 12.3 Å². The second kappa shape index (κ2) is 5.14. The summed E-state index contributed by atoms with van der Waals surface area (Å²) in [5, 5.41) is 0. The summed E-state index contributed by atoms with van der Waals surface area (Å²) >= 11 is 0. The molecule has 92 valence electrons. The number of hydrogen-bond acceptors (Lipinski definition) is 4. The zero-order valence-electron chi connectivity index (χ0n) is 9.93. The van der Waals surface area contributed by atoms with Gasteiger partial charge in [-0.3, -0.25) is 0 Å². The Balaban J connectivity index is 3.07. The van der Waals surface area contributed by atoms with Gasteiger partial charge in [-0.05, 0) is 36.3 Å². The molecule has 5 heteroatoms. The van der Waals surface area contributed by atoms with Crippen molar-refractivity contribution in [1.82, 2.24) is 0 Å². The van der Waals surface area contributed by atoms with Gasteiger partial charge >= 0.3 is 5.97 Å². The molecule has 0 aromatic heterocycles. The van der Waals surface area contributed by atoms with E-state index in [1.54, 1.807) is 25.1 Å². The highest BCUT2D eigenvalue weighted by Crippen LogP contribution is 2.16. The minimum absolute atomic E-state index is 0.269. The fraction of sp³-hybridized carbons (Fsp3) is 0.250. The molecule has 0 amide bonds. The minimum Gasteiger partial charge on any atom is -0.466 e. The Labute approximate surface area is 101 Å². The Morgan fingerprint density at radius 3 is 2.47 bits per heavy atom. The van der Waals surface area contributed by atoms with Gasteiger partial charge in [0.15, 0.2) is 9.84 Å². The first-order valence-corrected chi connectivity index (χ1v) is 6.80. The lowest BCUT2D eigenvalue weighted by Gasteiger charge is -2.03. The summed E-state index contributed by atoms with van der Waals surface area (Å²) in [6.07, 6.45) is 4.04. The van der Waals surface area contributed by atoms with Crippen molar-refractivity contribution < 1.29 is 17.9 Å². The number of carbonyl (C=O) groups excluding carboxylic acids is 1. The predicted octanol–water partition coefficient (Wildman–Crippen LogP) is 1.58. The van der Waals surface area contributed by atoms with E-state index in [2.05, 4.69) is 4.74 Å². The Morgan fingerprint density at radius 1 is 1.35 bits per heavy atom. The molecule has 0 aliphatic heterocycles. The molecule has 0 aliphatic rings. The van der Waals surface area contributed by atoms with Crippen LogP contribution in [0.15, 0.2) is 29.2 Å². The first-order valence-electron chi connectivity index (χ1n) is 4.91. The van der Waals surface area contributed by atoms with Gasteiger partial charge in [-0.2, -0.15) is 0 Å². The molecular formula is C12H14O4S. The summed E-state index contributed by atoms with van der Waals surface area (Å²) in [7, 11) is -1.90. The normalized spacial score (nSPS) is 11.7. The zero-order valence-corrected chi connectivity index (χ0v) is 10.7. The van der Waals surface area contributed by atoms with E-state index >= 15 is 0 Å². The van der Waals surface area contributed by atoms with Crippen molar-refractivity contribution in [1.29, 1.82) is 0 Å². The number of benzene rings is 1. The fourth-order valence-corrected chi connectivity index (χ4v) is 2.00. The lowest BCUT2D eigenvalue weighted by Crippen LogP contribution is -1.98. The second-order valence-electron chi connectivity index (χ2n) is 3.65. The van der Waals surface area contributed by atoms with Crippen molar-refractivity contribution in [3.63, 3.8) is 0 Å². The van der Waals surface area contributed by atoms with E-state index in [1.165, 1.54) is 19.3 Å². The maximum atomic E-state index is 11.3. The van der Waals surface area contributed by atoms with E-state index in [0.717, 1.165) is 17.4 Å². The molecule has 0 bridgehead atoms. The third-order valence-corrected chi connectivity index (χ3v) is 3.38. The van der Waals surface area contributed by atoms with E-state index < -0.39 is 15.8 Å². The van der Waals surface area contributed by atoms with Crippen molar-refractivity contribution in [2.24, 2.45) is 0 Å². The number of sulfone groups is 1. The van der Waals surface area contributed by atoms with Crippen molar-refractivity contribution >= 4 is 21.9 Å². The largest absolute Gasteiger partial charge is 0.466 e. The second-order valence-corrected chi connectivity index (χ2v) is 5.66. The molecular weight excluding hydrogens is 240 g/mol. The highest BCUT2D eigenvalue weighted by atomic mass is 32.2. The van der Waals surface area contributed by atoms with Crippen molar-refractivity contribution in [3.05, 3.63) is 35.4 Å². The van der Waals surface area contributed by atoms with Gasteiger partial charge in [0.05, 0.1) is 12.0 Å². The summed E-state index contributed by atoms with van der Waals surface area (Å²) in [6.45, 7) is 1.78. The van der Waals surface area contributed by atoms with Crippen LogP contribution in [0.4, 0.5) is 0 Å². The lowest BCUT2D eigenvalue weighted by molar-refractivity contribution is -0.134. The zero-order chi connectivity index (χ0) is 13.1. The van der Waals surface area contributed by atoms with Crippen LogP contribution in [0.5, 0.6) is 0 Å². The number of hydrogen-bond donors (Lipinski definition) is 0. The Bertz CT molecular complexity index is 556. The highest BCUT2D eigenvalue weighted by molar-refractivity contribution is 7.90. The van der Waals surface area contributed by atoms with Gasteiger partial charge < -0.3 is 4.74 Å². The minimum atomic E-state index is -3.19. The Hall–Kier alpha value is -1.62. The standard InChI is InChI=1S/C12H14O4S/c1-9-8-11(17(3,14)15)6-4-10(9)5-7-12(13)16-2/h4-8H,1-3H3. The first kappa shape index (κ1) is 13.4. The number of esters is 1. The quantitative estimate of drug-likeness (QED) is 0.607. The number of methoxy groups -OCH3 is 1. The Kier molecular flexibility index (Phi) is 4.07. The number of rotatable bonds is 3. The van der Waals surface area contributed by atoms with Gasteiger partial charge in [-0.25, -0.2) is 13.2 Å². The molecule has 0 radical (unpaired) electrons. The van der Waals surface area contributed by atoms with E-state index in [4.69, 9.17) is 0 Å². The molecule has 0 N–H and O–H groups in total. The van der Waals surface area contributed by atoms with Crippen LogP contribution in [0, 0.1) is 6.92 Å². The van der Waals surface area contributed by atoms with E-state index in [9.17, 15) is 13.2 Å². The summed E-state index contributed by atoms with van der Waals surface area (Å²) in [6, 6.07) is 4.75. The average Bonchev–Trinajstić information content (AvgIpc) is 2.25. The average molecular weight is 254 g/mol. The number of ether oxygens (including phenoxy) is 1. The van der Waals surface area contributed by atoms with Crippen molar-refractivity contribution in [3.8, 4) is 0 Å². The molecule has 0 fully saturated rings. The van der Waals surface area contributed by atoms with Gasteiger partial charge in [-0.1, -0.05) is 6.07 Å². The molecule has 1 rings (SSSR count). The molecule has 17 heavy (non-hydrogen) atoms. The maximum absolute atomic E-state index is 11.3. The van der Waals surface area contributed by atoms with Gasteiger partial charge in [-0.15, -0.1) is 0 Å². The van der Waals surface area contributed by atoms with Gasteiger partial charge in [0.25, 0.3) is 0 Å². The third kappa shape index (κ3) is 3.71. The van der Waals surface area contributed by atoms with E-state index in [1.807, 2.05) is 0 Å². The molecule has 0 unspecified atom stereocenters. The molecule has 1 aromatic carbocycles. The van der Waals surface area contributed by atoms with Crippen molar-refractivity contribution in [2.45, 2.75) is 11.8 Å². The monoisotopic (exact) mass is 254 g/mol. The van der Waals surface area contributed by atoms with Crippen LogP contribution in [0.1, 0.15) is 11.1 Å². The molecule has 0 heterocycles. The van der Waals surface area contributed by atoms with E-state index in [0.29, 0.717) is 0 Å². The van der Waals surface area contributed by atoms with Crippen LogP contribution in [-0.2, 0) is 19.4 Å². The van der Waals surface area contributed by atoms with Gasteiger partial charge in [0.2, 0.25) is 0 Å². The maximum Gasteiger partial charge on any atom is 0.330 e. The molecule has 0 saturated carbocycles. The molecule has 0 aliphatic carbocycles. The SMILES string of the molecule is COC(=O)C=Cc1ccc(S(C)(=O)=O)cc1C. The predicted molar refractivity (Wildman–Crippen MR) is 65.3 cm³/mol. The molecule has 1 aromatic rings. The van der Waals surface area contributed by atoms with Crippen LogP contribution < -0.4 is 0 Å². The topological polar surface area (TPSA) is 60.4 Å². The smallest absolute Gasteiger partial charge is 0.330 e. The van der Waals surface area contributed by atoms with Crippen LogP contribution in [-0.4, -0.2) is 27.8 Å². The molecule has 0 atom stereocenters.